The van der Waals surface area contributed by atoms with Crippen LogP contribution in [0.2, 0.25) is 0 Å². The zero-order valence-electron chi connectivity index (χ0n) is 16.2. The number of aromatic nitrogens is 6. The van der Waals surface area contributed by atoms with Gasteiger partial charge in [-0.2, -0.15) is 0 Å². The summed E-state index contributed by atoms with van der Waals surface area (Å²) in [6.07, 6.45) is 2.81. The monoisotopic (exact) mass is 410 g/mol. The van der Waals surface area contributed by atoms with E-state index < -0.39 is 6.43 Å². The van der Waals surface area contributed by atoms with Crippen LogP contribution in [0.5, 0.6) is 0 Å². The van der Waals surface area contributed by atoms with E-state index in [0.29, 0.717) is 47.1 Å². The van der Waals surface area contributed by atoms with Crippen molar-refractivity contribution in [3.8, 4) is 5.82 Å². The van der Waals surface area contributed by atoms with Crippen molar-refractivity contribution in [1.29, 1.82) is 0 Å². The fraction of sp³-hybridized carbons (Fsp3) is 0.429. The Hall–Kier alpha value is -2.94. The van der Waals surface area contributed by atoms with Crippen molar-refractivity contribution in [1.82, 2.24) is 29.1 Å². The van der Waals surface area contributed by atoms with E-state index in [1.807, 2.05) is 6.07 Å². The van der Waals surface area contributed by atoms with E-state index in [1.165, 1.54) is 4.57 Å². The number of imidazole rings is 2. The van der Waals surface area contributed by atoms with Crippen LogP contribution in [0.4, 0.5) is 8.78 Å². The molecule has 2 aliphatic rings. The number of rotatable bonds is 4. The molecule has 1 aliphatic carbocycles. The van der Waals surface area contributed by atoms with Crippen molar-refractivity contribution >= 4 is 22.2 Å². The van der Waals surface area contributed by atoms with Crippen LogP contribution in [0, 0.1) is 0 Å². The van der Waals surface area contributed by atoms with Crippen LogP contribution in [-0.2, 0) is 4.74 Å². The molecule has 1 saturated heterocycles. The quantitative estimate of drug-likeness (QED) is 0.501. The zero-order valence-corrected chi connectivity index (χ0v) is 16.2. The predicted octanol–water partition coefficient (Wildman–Crippen LogP) is 4.33. The minimum atomic E-state index is -2.73. The van der Waals surface area contributed by atoms with Gasteiger partial charge in [0.2, 0.25) is 0 Å². The summed E-state index contributed by atoms with van der Waals surface area (Å²) < 4.78 is 36.9. The molecule has 7 nitrogen and oxygen atoms in total. The molecule has 0 atom stereocenters. The van der Waals surface area contributed by atoms with E-state index in [9.17, 15) is 8.78 Å². The molecule has 0 bridgehead atoms. The number of ether oxygens (including phenoxy) is 1. The number of fused-ring (bicyclic) bond motifs is 2. The van der Waals surface area contributed by atoms with Gasteiger partial charge < -0.3 is 9.30 Å². The first-order valence-corrected chi connectivity index (χ1v) is 10.3. The van der Waals surface area contributed by atoms with Crippen LogP contribution >= 0.6 is 0 Å². The van der Waals surface area contributed by atoms with Crippen molar-refractivity contribution < 1.29 is 13.5 Å². The third-order valence-electron chi connectivity index (χ3n) is 5.94. The van der Waals surface area contributed by atoms with Crippen LogP contribution in [0.15, 0.2) is 30.6 Å². The largest absolute Gasteiger partial charge is 0.381 e. The molecule has 30 heavy (non-hydrogen) atoms. The van der Waals surface area contributed by atoms with Gasteiger partial charge in [0.1, 0.15) is 5.82 Å². The van der Waals surface area contributed by atoms with Crippen molar-refractivity contribution in [3.63, 3.8) is 0 Å². The highest BCUT2D eigenvalue weighted by molar-refractivity contribution is 5.85. The van der Waals surface area contributed by atoms with Gasteiger partial charge in [0.15, 0.2) is 22.8 Å². The number of hydrogen-bond donors (Lipinski definition) is 0. The Labute approximate surface area is 170 Å². The van der Waals surface area contributed by atoms with Crippen molar-refractivity contribution in [2.45, 2.75) is 44.1 Å². The van der Waals surface area contributed by atoms with Gasteiger partial charge >= 0.3 is 0 Å². The number of benzene rings is 1. The zero-order chi connectivity index (χ0) is 20.2. The van der Waals surface area contributed by atoms with E-state index in [2.05, 4.69) is 14.5 Å². The molecule has 3 aromatic heterocycles. The molecule has 0 radical (unpaired) electrons. The molecule has 6 rings (SSSR count). The van der Waals surface area contributed by atoms with Crippen LogP contribution in [0.3, 0.4) is 0 Å². The lowest BCUT2D eigenvalue weighted by molar-refractivity contribution is 0.0704. The van der Waals surface area contributed by atoms with E-state index >= 15 is 0 Å². The Balaban J connectivity index is 1.63. The van der Waals surface area contributed by atoms with Crippen molar-refractivity contribution in [2.24, 2.45) is 0 Å². The molecule has 154 valence electrons. The summed E-state index contributed by atoms with van der Waals surface area (Å²) in [7, 11) is 0. The SMILES string of the molecule is FC(F)c1nc2ccccc2n1-c1nc(C2CC2)nc2c1ncn2C1CCOCC1. The first-order chi connectivity index (χ1) is 14.7. The Kier molecular flexibility index (Phi) is 4.05. The molecule has 1 aliphatic heterocycles. The first-order valence-electron chi connectivity index (χ1n) is 10.3. The van der Waals surface area contributed by atoms with Gasteiger partial charge in [-0.25, -0.2) is 28.7 Å². The normalized spacial score (nSPS) is 18.1. The molecule has 4 heterocycles. The summed E-state index contributed by atoms with van der Waals surface area (Å²) in [5.41, 5.74) is 2.33. The molecule has 0 unspecified atom stereocenters. The van der Waals surface area contributed by atoms with E-state index in [1.54, 1.807) is 24.5 Å². The maximum atomic E-state index is 14.0. The van der Waals surface area contributed by atoms with Crippen molar-refractivity contribution in [2.75, 3.05) is 13.2 Å². The van der Waals surface area contributed by atoms with Gasteiger partial charge in [0, 0.05) is 25.2 Å². The van der Waals surface area contributed by atoms with Crippen LogP contribution < -0.4 is 0 Å². The summed E-state index contributed by atoms with van der Waals surface area (Å²) in [5.74, 6) is 1.04. The summed E-state index contributed by atoms with van der Waals surface area (Å²) in [6, 6.07) is 7.36. The van der Waals surface area contributed by atoms with E-state index in [0.717, 1.165) is 25.7 Å². The molecule has 1 saturated carbocycles. The number of halogens is 2. The molecule has 1 aromatic carbocycles. The number of para-hydroxylation sites is 2. The minimum absolute atomic E-state index is 0.229. The Morgan fingerprint density at radius 3 is 2.57 bits per heavy atom. The number of hydrogen-bond acceptors (Lipinski definition) is 5. The van der Waals surface area contributed by atoms with Crippen LogP contribution in [0.1, 0.15) is 55.7 Å². The topological polar surface area (TPSA) is 70.7 Å². The Morgan fingerprint density at radius 2 is 1.80 bits per heavy atom. The van der Waals surface area contributed by atoms with Gasteiger partial charge in [0.25, 0.3) is 6.43 Å². The molecule has 9 heteroatoms. The molecular weight excluding hydrogens is 390 g/mol. The molecular formula is C21H20F2N6O. The highest BCUT2D eigenvalue weighted by Gasteiger charge is 2.31. The lowest BCUT2D eigenvalue weighted by atomic mass is 10.1. The fourth-order valence-corrected chi connectivity index (χ4v) is 4.24. The summed E-state index contributed by atoms with van der Waals surface area (Å²) in [4.78, 5) is 18.3. The predicted molar refractivity (Wildman–Crippen MR) is 106 cm³/mol. The molecule has 0 N–H and O–H groups in total. The van der Waals surface area contributed by atoms with E-state index in [4.69, 9.17) is 14.7 Å². The van der Waals surface area contributed by atoms with Gasteiger partial charge in [-0.05, 0) is 37.8 Å². The minimum Gasteiger partial charge on any atom is -0.381 e. The summed E-state index contributed by atoms with van der Waals surface area (Å²) in [6.45, 7) is 1.39. The highest BCUT2D eigenvalue weighted by Crippen LogP contribution is 2.40. The van der Waals surface area contributed by atoms with Gasteiger partial charge in [0.05, 0.1) is 17.4 Å². The molecule has 0 amide bonds. The first kappa shape index (κ1) is 17.9. The second-order valence-electron chi connectivity index (χ2n) is 7.94. The maximum Gasteiger partial charge on any atom is 0.296 e. The lowest BCUT2D eigenvalue weighted by Gasteiger charge is -2.23. The molecule has 2 fully saturated rings. The average Bonchev–Trinajstić information content (AvgIpc) is 3.41. The molecule has 4 aromatic rings. The van der Waals surface area contributed by atoms with E-state index in [-0.39, 0.29) is 17.8 Å². The van der Waals surface area contributed by atoms with Crippen molar-refractivity contribution in [3.05, 3.63) is 42.2 Å². The fourth-order valence-electron chi connectivity index (χ4n) is 4.24. The average molecular weight is 410 g/mol. The van der Waals surface area contributed by atoms with Crippen LogP contribution in [-0.4, -0.2) is 42.3 Å². The summed E-state index contributed by atoms with van der Waals surface area (Å²) >= 11 is 0. The number of alkyl halides is 2. The Morgan fingerprint density at radius 1 is 1.00 bits per heavy atom. The van der Waals surface area contributed by atoms with Gasteiger partial charge in [-0.1, -0.05) is 12.1 Å². The highest BCUT2D eigenvalue weighted by atomic mass is 19.3. The maximum absolute atomic E-state index is 14.0. The lowest BCUT2D eigenvalue weighted by Crippen LogP contribution is -2.19. The van der Waals surface area contributed by atoms with Gasteiger partial charge in [-0.15, -0.1) is 0 Å². The standard InChI is InChI=1S/C21H20F2N6O/c22-17(23)21-25-14-3-1-2-4-15(14)29(21)20-16-19(26-18(27-20)12-5-6-12)28(11-24-16)13-7-9-30-10-8-13/h1-4,11-13,17H,5-10H2. The molecule has 0 spiro atoms. The smallest absolute Gasteiger partial charge is 0.296 e. The Bertz CT molecular complexity index is 1240. The third-order valence-corrected chi connectivity index (χ3v) is 5.94. The summed E-state index contributed by atoms with van der Waals surface area (Å²) in [5, 5.41) is 0. The second kappa shape index (κ2) is 6.80. The number of nitrogens with zero attached hydrogens (tertiary/aromatic N) is 6. The van der Waals surface area contributed by atoms with Crippen LogP contribution in [0.25, 0.3) is 28.0 Å². The second-order valence-corrected chi connectivity index (χ2v) is 7.94. The van der Waals surface area contributed by atoms with Gasteiger partial charge in [-0.3, -0.25) is 4.57 Å². The third kappa shape index (κ3) is 2.79.